The van der Waals surface area contributed by atoms with Crippen LogP contribution in [0.15, 0.2) is 42.5 Å². The molecule has 0 unspecified atom stereocenters. The number of carbonyl (C=O) groups is 1. The van der Waals surface area contributed by atoms with Crippen molar-refractivity contribution in [1.82, 2.24) is 0 Å². The van der Waals surface area contributed by atoms with Crippen molar-refractivity contribution in [3.63, 3.8) is 0 Å². The molecule has 0 aliphatic carbocycles. The third-order valence-electron chi connectivity index (χ3n) is 5.63. The summed E-state index contributed by atoms with van der Waals surface area (Å²) in [5.74, 6) is -0.995. The molecule has 2 aromatic carbocycles. The van der Waals surface area contributed by atoms with Gasteiger partial charge in [-0.25, -0.2) is 4.79 Å². The monoisotopic (exact) mass is 470 g/mol. The Balaban J connectivity index is 2.28. The molecule has 0 bridgehead atoms. The maximum Gasteiger partial charge on any atom is 0.416 e. The molecular weight excluding hydrogens is 449 g/mol. The summed E-state index contributed by atoms with van der Waals surface area (Å²) < 4.78 is 44.7. The number of hydrogen-bond acceptors (Lipinski definition) is 6. The zero-order valence-corrected chi connectivity index (χ0v) is 18.7. The molecule has 172 valence electrons. The van der Waals surface area contributed by atoms with Gasteiger partial charge in [0.1, 0.15) is 0 Å². The van der Waals surface area contributed by atoms with Crippen LogP contribution < -0.4 is 5.19 Å². The highest BCUT2D eigenvalue weighted by molar-refractivity contribution is 6.91. The van der Waals surface area contributed by atoms with Crippen LogP contribution in [0.5, 0.6) is 0 Å². The van der Waals surface area contributed by atoms with Gasteiger partial charge in [0, 0.05) is 12.1 Å². The molecule has 0 spiro atoms. The van der Waals surface area contributed by atoms with E-state index in [1.54, 1.807) is 19.9 Å². The fourth-order valence-electron chi connectivity index (χ4n) is 3.21. The van der Waals surface area contributed by atoms with Gasteiger partial charge in [-0.1, -0.05) is 49.5 Å². The lowest BCUT2D eigenvalue weighted by Crippen LogP contribution is -2.49. The number of nitro groups is 2. The van der Waals surface area contributed by atoms with E-state index in [1.807, 2.05) is 13.1 Å². The Morgan fingerprint density at radius 3 is 2.00 bits per heavy atom. The smallest absolute Gasteiger partial charge is 0.416 e. The van der Waals surface area contributed by atoms with Gasteiger partial charge in [-0.2, -0.15) is 13.2 Å². The number of non-ortho nitro benzene ring substituents is 2. The van der Waals surface area contributed by atoms with Gasteiger partial charge in [-0.3, -0.25) is 20.2 Å². The molecule has 2 aromatic rings. The first-order valence-corrected chi connectivity index (χ1v) is 12.5. The summed E-state index contributed by atoms with van der Waals surface area (Å²) in [5, 5.41) is 22.6. The number of esters is 1. The van der Waals surface area contributed by atoms with Crippen LogP contribution in [0, 0.1) is 20.2 Å². The van der Waals surface area contributed by atoms with Crippen molar-refractivity contribution in [3.8, 4) is 0 Å². The largest absolute Gasteiger partial charge is 0.459 e. The SMILES string of the molecule is C[C@@H](OC(=O)c1cc([N+](=O)[O-])cc([N+](=O)[O-])c1)[C@H](C)[Si](C)(C)c1cccc(C(F)(F)F)c1. The molecule has 0 aromatic heterocycles. The van der Waals surface area contributed by atoms with Gasteiger partial charge < -0.3 is 4.74 Å². The highest BCUT2D eigenvalue weighted by atomic mass is 28.3. The second-order valence-corrected chi connectivity index (χ2v) is 12.9. The molecule has 0 aliphatic rings. The average Bonchev–Trinajstić information content (AvgIpc) is 2.72. The fraction of sp³-hybridized carbons (Fsp3) is 0.350. The second-order valence-electron chi connectivity index (χ2n) is 7.95. The van der Waals surface area contributed by atoms with Gasteiger partial charge in [0.2, 0.25) is 0 Å². The van der Waals surface area contributed by atoms with E-state index in [9.17, 15) is 38.2 Å². The van der Waals surface area contributed by atoms with E-state index in [0.29, 0.717) is 5.19 Å². The van der Waals surface area contributed by atoms with E-state index in [2.05, 4.69) is 0 Å². The Hall–Kier alpha value is -3.28. The molecule has 8 nitrogen and oxygen atoms in total. The summed E-state index contributed by atoms with van der Waals surface area (Å²) in [6.45, 7) is 7.00. The molecular formula is C20H21F3N2O6Si. The lowest BCUT2D eigenvalue weighted by molar-refractivity contribution is -0.394. The van der Waals surface area contributed by atoms with E-state index in [4.69, 9.17) is 4.74 Å². The lowest BCUT2D eigenvalue weighted by Gasteiger charge is -2.34. The topological polar surface area (TPSA) is 113 Å². The molecule has 0 N–H and O–H groups in total. The molecule has 2 atom stereocenters. The zero-order valence-electron chi connectivity index (χ0n) is 17.7. The molecule has 0 heterocycles. The van der Waals surface area contributed by atoms with Crippen molar-refractivity contribution in [1.29, 1.82) is 0 Å². The summed E-state index contributed by atoms with van der Waals surface area (Å²) in [6.07, 6.45) is -5.25. The molecule has 0 saturated heterocycles. The highest BCUT2D eigenvalue weighted by Crippen LogP contribution is 2.32. The molecule has 0 aliphatic heterocycles. The number of benzene rings is 2. The predicted molar refractivity (Wildman–Crippen MR) is 113 cm³/mol. The maximum absolute atomic E-state index is 13.1. The minimum atomic E-state index is -4.49. The zero-order chi connectivity index (χ0) is 24.4. The summed E-state index contributed by atoms with van der Waals surface area (Å²) in [7, 11) is -2.58. The lowest BCUT2D eigenvalue weighted by atomic mass is 10.1. The third-order valence-corrected chi connectivity index (χ3v) is 10.2. The summed E-state index contributed by atoms with van der Waals surface area (Å²) in [6, 6.07) is 7.50. The van der Waals surface area contributed by atoms with E-state index in [-0.39, 0.29) is 11.1 Å². The van der Waals surface area contributed by atoms with Gasteiger partial charge in [-0.05, 0) is 12.5 Å². The van der Waals surface area contributed by atoms with E-state index in [1.165, 1.54) is 6.07 Å². The number of carbonyl (C=O) groups excluding carboxylic acids is 1. The Kier molecular flexibility index (Phi) is 7.08. The van der Waals surface area contributed by atoms with Crippen LogP contribution in [0.3, 0.4) is 0 Å². The molecule has 2 rings (SSSR count). The number of ether oxygens (including phenoxy) is 1. The molecule has 0 radical (unpaired) electrons. The van der Waals surface area contributed by atoms with Crippen LogP contribution in [-0.2, 0) is 10.9 Å². The molecule has 32 heavy (non-hydrogen) atoms. The Morgan fingerprint density at radius 2 is 1.53 bits per heavy atom. The summed E-state index contributed by atoms with van der Waals surface area (Å²) in [5.41, 5.74) is -2.74. The van der Waals surface area contributed by atoms with E-state index in [0.717, 1.165) is 30.3 Å². The number of alkyl halides is 3. The normalized spacial score (nSPS) is 13.8. The van der Waals surface area contributed by atoms with Gasteiger partial charge >= 0.3 is 12.1 Å². The van der Waals surface area contributed by atoms with Crippen molar-refractivity contribution < 1.29 is 32.5 Å². The first kappa shape index (κ1) is 25.0. The minimum absolute atomic E-state index is 0.344. The van der Waals surface area contributed by atoms with Crippen LogP contribution in [-0.4, -0.2) is 30.0 Å². The Morgan fingerprint density at radius 1 is 1.00 bits per heavy atom. The average molecular weight is 470 g/mol. The van der Waals surface area contributed by atoms with E-state index < -0.39 is 53.1 Å². The molecule has 0 saturated carbocycles. The van der Waals surface area contributed by atoms with Crippen LogP contribution in [0.1, 0.15) is 29.8 Å². The standard InChI is InChI=1S/C20H21F3N2O6Si/c1-12(13(2)32(3,4)18-7-5-6-15(10-18)20(21,22)23)31-19(26)14-8-16(24(27)28)11-17(9-14)25(29)30/h5-13H,1-4H3/t12-,13+/m1/s1. The number of nitrogens with zero attached hydrogens (tertiary/aromatic N) is 2. The third kappa shape index (κ3) is 5.49. The number of rotatable bonds is 7. The number of nitro benzene ring substituents is 2. The summed E-state index contributed by atoms with van der Waals surface area (Å²) >= 11 is 0. The quantitative estimate of drug-likeness (QED) is 0.242. The predicted octanol–water partition coefficient (Wildman–Crippen LogP) is 5.07. The minimum Gasteiger partial charge on any atom is -0.459 e. The van der Waals surface area contributed by atoms with Crippen LogP contribution in [0.2, 0.25) is 18.6 Å². The first-order chi connectivity index (χ1) is 14.6. The molecule has 0 fully saturated rings. The number of halogens is 3. The Labute approximate surface area is 182 Å². The molecule has 12 heteroatoms. The summed E-state index contributed by atoms with van der Waals surface area (Å²) in [4.78, 5) is 32.9. The van der Waals surface area contributed by atoms with Crippen molar-refractivity contribution >= 4 is 30.6 Å². The second kappa shape index (κ2) is 9.07. The molecule has 0 amide bonds. The first-order valence-electron chi connectivity index (χ1n) is 9.47. The van der Waals surface area contributed by atoms with Crippen molar-refractivity contribution in [3.05, 3.63) is 73.8 Å². The van der Waals surface area contributed by atoms with Gasteiger partial charge in [0.25, 0.3) is 11.4 Å². The van der Waals surface area contributed by atoms with Gasteiger partial charge in [-0.15, -0.1) is 0 Å². The fourth-order valence-corrected chi connectivity index (χ4v) is 6.03. The van der Waals surface area contributed by atoms with Crippen molar-refractivity contribution in [2.24, 2.45) is 0 Å². The van der Waals surface area contributed by atoms with Gasteiger partial charge in [0.15, 0.2) is 0 Å². The maximum atomic E-state index is 13.1. The van der Waals surface area contributed by atoms with Crippen molar-refractivity contribution in [2.45, 2.75) is 44.8 Å². The highest BCUT2D eigenvalue weighted by Gasteiger charge is 2.38. The van der Waals surface area contributed by atoms with Crippen LogP contribution >= 0.6 is 0 Å². The van der Waals surface area contributed by atoms with Crippen LogP contribution in [0.4, 0.5) is 24.5 Å². The van der Waals surface area contributed by atoms with Crippen LogP contribution in [0.25, 0.3) is 0 Å². The van der Waals surface area contributed by atoms with E-state index >= 15 is 0 Å². The number of hydrogen-bond donors (Lipinski definition) is 0. The van der Waals surface area contributed by atoms with Gasteiger partial charge in [0.05, 0.1) is 41.2 Å². The van der Waals surface area contributed by atoms with Crippen molar-refractivity contribution in [2.75, 3.05) is 0 Å². The Bertz CT molecular complexity index is 1030.